The first-order valence-corrected chi connectivity index (χ1v) is 6.24. The molecule has 1 aromatic heterocycles. The topological polar surface area (TPSA) is 37.8 Å². The van der Waals surface area contributed by atoms with Crippen molar-refractivity contribution in [1.29, 1.82) is 0 Å². The van der Waals surface area contributed by atoms with Crippen LogP contribution in [0.1, 0.15) is 12.7 Å². The second-order valence-corrected chi connectivity index (χ2v) is 4.94. The van der Waals surface area contributed by atoms with Gasteiger partial charge in [-0.1, -0.05) is 25.1 Å². The Morgan fingerprint density at radius 2 is 2.18 bits per heavy atom. The molecule has 3 heteroatoms. The molecular formula is C14H17N3. The van der Waals surface area contributed by atoms with E-state index in [4.69, 9.17) is 0 Å². The van der Waals surface area contributed by atoms with Crippen LogP contribution < -0.4 is 5.32 Å². The van der Waals surface area contributed by atoms with Crippen LogP contribution >= 0.6 is 0 Å². The van der Waals surface area contributed by atoms with Gasteiger partial charge in [0.25, 0.3) is 0 Å². The van der Waals surface area contributed by atoms with Gasteiger partial charge >= 0.3 is 0 Å². The van der Waals surface area contributed by atoms with E-state index in [1.165, 1.54) is 0 Å². The molecule has 2 atom stereocenters. The Morgan fingerprint density at radius 3 is 3.00 bits per heavy atom. The molecule has 0 bridgehead atoms. The predicted molar refractivity (Wildman–Crippen MR) is 68.8 cm³/mol. The number of nitrogens with one attached hydrogen (secondary N) is 1. The molecule has 1 aliphatic rings. The minimum Gasteiger partial charge on any atom is -0.316 e. The van der Waals surface area contributed by atoms with Gasteiger partial charge in [0.1, 0.15) is 5.82 Å². The Labute approximate surface area is 101 Å². The van der Waals surface area contributed by atoms with E-state index in [-0.39, 0.29) is 0 Å². The maximum absolute atomic E-state index is 4.63. The normalized spacial score (nSPS) is 24.3. The molecule has 2 heterocycles. The highest BCUT2D eigenvalue weighted by molar-refractivity contribution is 5.77. The Morgan fingerprint density at radius 1 is 1.29 bits per heavy atom. The summed E-state index contributed by atoms with van der Waals surface area (Å²) < 4.78 is 0. The molecule has 0 unspecified atom stereocenters. The smallest absolute Gasteiger partial charge is 0.129 e. The van der Waals surface area contributed by atoms with Crippen molar-refractivity contribution in [2.75, 3.05) is 13.1 Å². The lowest BCUT2D eigenvalue weighted by atomic mass is 9.94. The highest BCUT2D eigenvalue weighted by atomic mass is 14.9. The summed E-state index contributed by atoms with van der Waals surface area (Å²) in [5.74, 6) is 2.38. The van der Waals surface area contributed by atoms with Crippen molar-refractivity contribution in [3.8, 4) is 0 Å². The summed E-state index contributed by atoms with van der Waals surface area (Å²) >= 11 is 0. The molecule has 2 aromatic rings. The molecule has 1 fully saturated rings. The first kappa shape index (κ1) is 10.7. The Hall–Kier alpha value is -1.48. The minimum atomic E-state index is 0.677. The van der Waals surface area contributed by atoms with Crippen LogP contribution in [-0.2, 0) is 6.42 Å². The summed E-state index contributed by atoms with van der Waals surface area (Å²) in [5.41, 5.74) is 1.05. The fraction of sp³-hybridized carbons (Fsp3) is 0.429. The minimum absolute atomic E-state index is 0.677. The summed E-state index contributed by atoms with van der Waals surface area (Å²) in [7, 11) is 0. The maximum Gasteiger partial charge on any atom is 0.129 e. The highest BCUT2D eigenvalue weighted by Gasteiger charge is 2.23. The lowest BCUT2D eigenvalue weighted by Gasteiger charge is -2.12. The summed E-state index contributed by atoms with van der Waals surface area (Å²) in [6, 6.07) is 8.16. The van der Waals surface area contributed by atoms with Crippen molar-refractivity contribution in [3.05, 3.63) is 36.3 Å². The van der Waals surface area contributed by atoms with Gasteiger partial charge in [-0.3, -0.25) is 0 Å². The molecule has 1 aromatic carbocycles. The largest absolute Gasteiger partial charge is 0.316 e. The fourth-order valence-electron chi connectivity index (χ4n) is 2.48. The van der Waals surface area contributed by atoms with Gasteiger partial charge in [0.2, 0.25) is 0 Å². The third-order valence-electron chi connectivity index (χ3n) is 3.66. The van der Waals surface area contributed by atoms with Crippen molar-refractivity contribution >= 4 is 10.9 Å². The number of rotatable bonds is 2. The maximum atomic E-state index is 4.63. The summed E-state index contributed by atoms with van der Waals surface area (Å²) in [4.78, 5) is 9.10. The van der Waals surface area contributed by atoms with Crippen molar-refractivity contribution in [1.82, 2.24) is 15.3 Å². The van der Waals surface area contributed by atoms with Gasteiger partial charge in [0, 0.05) is 18.0 Å². The predicted octanol–water partition coefficient (Wildman–Crippen LogP) is 2.03. The quantitative estimate of drug-likeness (QED) is 0.853. The van der Waals surface area contributed by atoms with Gasteiger partial charge in [-0.15, -0.1) is 0 Å². The second kappa shape index (κ2) is 4.41. The molecule has 0 saturated carbocycles. The monoisotopic (exact) mass is 227 g/mol. The van der Waals surface area contributed by atoms with E-state index in [0.717, 1.165) is 42.2 Å². The number of hydrogen-bond acceptors (Lipinski definition) is 3. The SMILES string of the molecule is C[C@H]1CNC[C@@H]1Cc1ncc2ccccc2n1. The van der Waals surface area contributed by atoms with E-state index >= 15 is 0 Å². The molecule has 0 amide bonds. The number of hydrogen-bond donors (Lipinski definition) is 1. The van der Waals surface area contributed by atoms with Crippen LogP contribution in [0.15, 0.2) is 30.5 Å². The highest BCUT2D eigenvalue weighted by Crippen LogP contribution is 2.20. The molecule has 88 valence electrons. The molecule has 0 aliphatic carbocycles. The van der Waals surface area contributed by atoms with E-state index in [0.29, 0.717) is 5.92 Å². The molecule has 1 N–H and O–H groups in total. The molecule has 17 heavy (non-hydrogen) atoms. The van der Waals surface area contributed by atoms with Gasteiger partial charge in [0.15, 0.2) is 0 Å². The van der Waals surface area contributed by atoms with Crippen LogP contribution in [-0.4, -0.2) is 23.1 Å². The van der Waals surface area contributed by atoms with E-state index in [2.05, 4.69) is 34.3 Å². The fourth-order valence-corrected chi connectivity index (χ4v) is 2.48. The first-order chi connectivity index (χ1) is 8.33. The van der Waals surface area contributed by atoms with Crippen molar-refractivity contribution in [2.45, 2.75) is 13.3 Å². The summed E-state index contributed by atoms with van der Waals surface area (Å²) in [6.45, 7) is 4.52. The van der Waals surface area contributed by atoms with E-state index in [1.54, 1.807) is 0 Å². The lowest BCUT2D eigenvalue weighted by Crippen LogP contribution is -2.14. The number of aromatic nitrogens is 2. The van der Waals surface area contributed by atoms with Crippen molar-refractivity contribution < 1.29 is 0 Å². The van der Waals surface area contributed by atoms with Crippen LogP contribution in [0.3, 0.4) is 0 Å². The van der Waals surface area contributed by atoms with Gasteiger partial charge in [-0.2, -0.15) is 0 Å². The second-order valence-electron chi connectivity index (χ2n) is 4.94. The van der Waals surface area contributed by atoms with Crippen LogP contribution in [0.5, 0.6) is 0 Å². The van der Waals surface area contributed by atoms with Gasteiger partial charge < -0.3 is 5.32 Å². The lowest BCUT2D eigenvalue weighted by molar-refractivity contribution is 0.442. The average molecular weight is 227 g/mol. The van der Waals surface area contributed by atoms with Crippen LogP contribution in [0.4, 0.5) is 0 Å². The molecule has 3 rings (SSSR count). The Balaban J connectivity index is 1.85. The molecular weight excluding hydrogens is 210 g/mol. The summed E-state index contributed by atoms with van der Waals surface area (Å²) in [6.07, 6.45) is 2.92. The van der Waals surface area contributed by atoms with Crippen molar-refractivity contribution in [2.24, 2.45) is 11.8 Å². The number of fused-ring (bicyclic) bond motifs is 1. The van der Waals surface area contributed by atoms with Gasteiger partial charge in [0.05, 0.1) is 5.52 Å². The van der Waals surface area contributed by atoms with E-state index in [1.807, 2.05) is 18.3 Å². The van der Waals surface area contributed by atoms with Gasteiger partial charge in [-0.05, 0) is 31.0 Å². The van der Waals surface area contributed by atoms with E-state index < -0.39 is 0 Å². The van der Waals surface area contributed by atoms with Crippen LogP contribution in [0.2, 0.25) is 0 Å². The zero-order valence-electron chi connectivity index (χ0n) is 10.1. The van der Waals surface area contributed by atoms with Crippen LogP contribution in [0.25, 0.3) is 10.9 Å². The standard InChI is InChI=1S/C14H17N3/c1-10-7-15-8-12(10)6-14-16-9-11-4-2-3-5-13(11)17-14/h2-5,9-10,12,15H,6-8H2,1H3/t10-,12-/m0/s1. The number of para-hydroxylation sites is 1. The van der Waals surface area contributed by atoms with Crippen molar-refractivity contribution in [3.63, 3.8) is 0 Å². The third kappa shape index (κ3) is 2.15. The first-order valence-electron chi connectivity index (χ1n) is 6.24. The molecule has 1 aliphatic heterocycles. The molecule has 1 saturated heterocycles. The van der Waals surface area contributed by atoms with Gasteiger partial charge in [-0.25, -0.2) is 9.97 Å². The zero-order valence-corrected chi connectivity index (χ0v) is 10.1. The summed E-state index contributed by atoms with van der Waals surface area (Å²) in [5, 5.41) is 4.54. The zero-order chi connectivity index (χ0) is 11.7. The molecule has 3 nitrogen and oxygen atoms in total. The number of nitrogens with zero attached hydrogens (tertiary/aromatic N) is 2. The molecule has 0 radical (unpaired) electrons. The number of benzene rings is 1. The van der Waals surface area contributed by atoms with Crippen LogP contribution in [0, 0.1) is 11.8 Å². The Bertz CT molecular complexity index is 524. The third-order valence-corrected chi connectivity index (χ3v) is 3.66. The Kier molecular flexibility index (Phi) is 2.77. The van der Waals surface area contributed by atoms with E-state index in [9.17, 15) is 0 Å². The average Bonchev–Trinajstić information content (AvgIpc) is 2.75. The molecule has 0 spiro atoms.